The molecule has 0 spiro atoms. The summed E-state index contributed by atoms with van der Waals surface area (Å²) in [5.74, 6) is 0.781. The van der Waals surface area contributed by atoms with Crippen LogP contribution in [0.25, 0.3) is 0 Å². The number of aromatic nitrogens is 1. The summed E-state index contributed by atoms with van der Waals surface area (Å²) in [6, 6.07) is 10.2. The van der Waals surface area contributed by atoms with Gasteiger partial charge in [-0.2, -0.15) is 0 Å². The van der Waals surface area contributed by atoms with Crippen molar-refractivity contribution < 1.29 is 14.3 Å². The number of hydrogen-bond donors (Lipinski definition) is 1. The van der Waals surface area contributed by atoms with Gasteiger partial charge in [0, 0.05) is 30.5 Å². The van der Waals surface area contributed by atoms with Crippen molar-refractivity contribution in [3.63, 3.8) is 0 Å². The number of amides is 1. The zero-order valence-electron chi connectivity index (χ0n) is 15.1. The van der Waals surface area contributed by atoms with Crippen LogP contribution in [0.5, 0.6) is 0 Å². The molecule has 0 radical (unpaired) electrons. The van der Waals surface area contributed by atoms with Crippen LogP contribution in [-0.4, -0.2) is 37.1 Å². The lowest BCUT2D eigenvalue weighted by Crippen LogP contribution is -2.34. The second-order valence-electron chi connectivity index (χ2n) is 6.62. The molecular weight excluding hydrogens is 330 g/mol. The van der Waals surface area contributed by atoms with E-state index >= 15 is 0 Å². The van der Waals surface area contributed by atoms with Gasteiger partial charge in [-0.05, 0) is 49.1 Å². The zero-order chi connectivity index (χ0) is 18.5. The molecule has 1 aliphatic heterocycles. The van der Waals surface area contributed by atoms with E-state index < -0.39 is 5.97 Å². The Balaban J connectivity index is 1.74. The van der Waals surface area contributed by atoms with Crippen LogP contribution in [-0.2, 0) is 4.74 Å². The number of carbonyl (C=O) groups is 2. The standard InChI is InChI=1S/C20H23N3O3/c1-14-5-4-10-23(13-14)18-12-15(8-9-21-18)19(24)22-17-7-3-6-16(11-17)20(25)26-2/h3,6-9,11-12,14H,4-5,10,13H2,1-2H3,(H,22,24). The van der Waals surface area contributed by atoms with Crippen molar-refractivity contribution in [3.8, 4) is 0 Å². The van der Waals surface area contributed by atoms with Gasteiger partial charge in [0.15, 0.2) is 0 Å². The molecule has 1 N–H and O–H groups in total. The van der Waals surface area contributed by atoms with E-state index in [0.717, 1.165) is 25.3 Å². The molecule has 2 heterocycles. The Morgan fingerprint density at radius 1 is 1.23 bits per heavy atom. The number of pyridine rings is 1. The van der Waals surface area contributed by atoms with Crippen LogP contribution in [0.4, 0.5) is 11.5 Å². The van der Waals surface area contributed by atoms with E-state index in [9.17, 15) is 9.59 Å². The number of rotatable bonds is 4. The summed E-state index contributed by atoms with van der Waals surface area (Å²) in [6.45, 7) is 4.15. The Bertz CT molecular complexity index is 806. The number of nitrogens with zero attached hydrogens (tertiary/aromatic N) is 2. The van der Waals surface area contributed by atoms with Gasteiger partial charge in [0.1, 0.15) is 5.82 Å². The Morgan fingerprint density at radius 2 is 2.08 bits per heavy atom. The van der Waals surface area contributed by atoms with Gasteiger partial charge in [0.05, 0.1) is 12.7 Å². The molecule has 2 aromatic rings. The lowest BCUT2D eigenvalue weighted by molar-refractivity contribution is 0.0600. The fraction of sp³-hybridized carbons (Fsp3) is 0.350. The van der Waals surface area contributed by atoms with Crippen molar-refractivity contribution in [2.75, 3.05) is 30.4 Å². The summed E-state index contributed by atoms with van der Waals surface area (Å²) in [6.07, 6.45) is 4.03. The molecule has 0 saturated carbocycles. The summed E-state index contributed by atoms with van der Waals surface area (Å²) in [4.78, 5) is 30.9. The summed E-state index contributed by atoms with van der Waals surface area (Å²) < 4.78 is 4.71. The molecule has 1 aliphatic rings. The number of nitrogens with one attached hydrogen (secondary N) is 1. The van der Waals surface area contributed by atoms with Crippen molar-refractivity contribution in [2.24, 2.45) is 5.92 Å². The number of anilines is 2. The van der Waals surface area contributed by atoms with Crippen LogP contribution < -0.4 is 10.2 Å². The maximum Gasteiger partial charge on any atom is 0.337 e. The van der Waals surface area contributed by atoms with E-state index in [1.54, 1.807) is 36.5 Å². The quantitative estimate of drug-likeness (QED) is 0.854. The van der Waals surface area contributed by atoms with Gasteiger partial charge in [-0.25, -0.2) is 9.78 Å². The number of methoxy groups -OCH3 is 1. The Morgan fingerprint density at radius 3 is 2.85 bits per heavy atom. The Kier molecular flexibility index (Phi) is 5.51. The summed E-state index contributed by atoms with van der Waals surface area (Å²) in [5, 5.41) is 2.82. The van der Waals surface area contributed by atoms with Gasteiger partial charge in [-0.1, -0.05) is 13.0 Å². The summed E-state index contributed by atoms with van der Waals surface area (Å²) in [7, 11) is 1.33. The van der Waals surface area contributed by atoms with E-state index in [2.05, 4.69) is 22.1 Å². The molecule has 1 amide bonds. The van der Waals surface area contributed by atoms with E-state index in [-0.39, 0.29) is 5.91 Å². The minimum atomic E-state index is -0.438. The highest BCUT2D eigenvalue weighted by Gasteiger charge is 2.18. The number of ether oxygens (including phenoxy) is 1. The van der Waals surface area contributed by atoms with Crippen molar-refractivity contribution in [1.29, 1.82) is 0 Å². The number of hydrogen-bond acceptors (Lipinski definition) is 5. The highest BCUT2D eigenvalue weighted by atomic mass is 16.5. The van der Waals surface area contributed by atoms with Crippen molar-refractivity contribution in [2.45, 2.75) is 19.8 Å². The fourth-order valence-corrected chi connectivity index (χ4v) is 3.18. The molecule has 1 atom stereocenters. The predicted octanol–water partition coefficient (Wildman–Crippen LogP) is 3.36. The molecule has 1 unspecified atom stereocenters. The SMILES string of the molecule is COC(=O)c1cccc(NC(=O)c2ccnc(N3CCCC(C)C3)c2)c1. The van der Waals surface area contributed by atoms with Gasteiger partial charge in [0.2, 0.25) is 0 Å². The first-order valence-electron chi connectivity index (χ1n) is 8.77. The maximum absolute atomic E-state index is 12.6. The van der Waals surface area contributed by atoms with Crippen LogP contribution in [0.1, 0.15) is 40.5 Å². The second-order valence-corrected chi connectivity index (χ2v) is 6.62. The fourth-order valence-electron chi connectivity index (χ4n) is 3.18. The van der Waals surface area contributed by atoms with Gasteiger partial charge < -0.3 is 15.0 Å². The van der Waals surface area contributed by atoms with Gasteiger partial charge in [0.25, 0.3) is 5.91 Å². The monoisotopic (exact) mass is 353 g/mol. The van der Waals surface area contributed by atoms with Crippen LogP contribution in [0.15, 0.2) is 42.6 Å². The molecule has 1 aromatic carbocycles. The molecule has 0 aliphatic carbocycles. The van der Waals surface area contributed by atoms with Gasteiger partial charge >= 0.3 is 5.97 Å². The van der Waals surface area contributed by atoms with E-state index in [1.165, 1.54) is 13.5 Å². The topological polar surface area (TPSA) is 71.5 Å². The Hall–Kier alpha value is -2.89. The largest absolute Gasteiger partial charge is 0.465 e. The van der Waals surface area contributed by atoms with Gasteiger partial charge in [-0.15, -0.1) is 0 Å². The van der Waals surface area contributed by atoms with Crippen molar-refractivity contribution >= 4 is 23.4 Å². The smallest absolute Gasteiger partial charge is 0.337 e. The molecule has 3 rings (SSSR count). The van der Waals surface area contributed by atoms with Crippen molar-refractivity contribution in [1.82, 2.24) is 4.98 Å². The molecule has 1 aromatic heterocycles. The van der Waals surface area contributed by atoms with E-state index in [1.807, 2.05) is 6.07 Å². The van der Waals surface area contributed by atoms with E-state index in [4.69, 9.17) is 4.74 Å². The number of carbonyl (C=O) groups excluding carboxylic acids is 2. The molecule has 1 fully saturated rings. The molecule has 26 heavy (non-hydrogen) atoms. The molecule has 1 saturated heterocycles. The second kappa shape index (κ2) is 7.99. The molecule has 6 nitrogen and oxygen atoms in total. The van der Waals surface area contributed by atoms with Crippen LogP contribution in [0.2, 0.25) is 0 Å². The number of esters is 1. The molecule has 0 bridgehead atoms. The van der Waals surface area contributed by atoms with E-state index in [0.29, 0.717) is 22.7 Å². The minimum absolute atomic E-state index is 0.235. The van der Waals surface area contributed by atoms with Crippen molar-refractivity contribution in [3.05, 3.63) is 53.7 Å². The third-order valence-electron chi connectivity index (χ3n) is 4.53. The third-order valence-corrected chi connectivity index (χ3v) is 4.53. The normalized spacial score (nSPS) is 16.8. The Labute approximate surface area is 153 Å². The average molecular weight is 353 g/mol. The predicted molar refractivity (Wildman–Crippen MR) is 101 cm³/mol. The maximum atomic E-state index is 12.6. The highest BCUT2D eigenvalue weighted by molar-refractivity contribution is 6.05. The average Bonchev–Trinajstić information content (AvgIpc) is 2.67. The zero-order valence-corrected chi connectivity index (χ0v) is 15.1. The lowest BCUT2D eigenvalue weighted by Gasteiger charge is -2.31. The van der Waals surface area contributed by atoms with Crippen LogP contribution in [0.3, 0.4) is 0 Å². The lowest BCUT2D eigenvalue weighted by atomic mass is 10.0. The van der Waals surface area contributed by atoms with Crippen LogP contribution in [0, 0.1) is 5.92 Å². The highest BCUT2D eigenvalue weighted by Crippen LogP contribution is 2.22. The number of benzene rings is 1. The first-order valence-corrected chi connectivity index (χ1v) is 8.77. The molecular formula is C20H23N3O3. The first kappa shape index (κ1) is 17.9. The summed E-state index contributed by atoms with van der Waals surface area (Å²) >= 11 is 0. The first-order chi connectivity index (χ1) is 12.6. The summed E-state index contributed by atoms with van der Waals surface area (Å²) in [5.41, 5.74) is 1.47. The van der Waals surface area contributed by atoms with Gasteiger partial charge in [-0.3, -0.25) is 4.79 Å². The third kappa shape index (κ3) is 4.20. The van der Waals surface area contributed by atoms with Crippen LogP contribution >= 0.6 is 0 Å². The minimum Gasteiger partial charge on any atom is -0.465 e. The number of piperidine rings is 1. The molecule has 6 heteroatoms. The molecule has 136 valence electrons.